The van der Waals surface area contributed by atoms with Gasteiger partial charge < -0.3 is 20.3 Å². The highest BCUT2D eigenvalue weighted by atomic mass is 16.5. The lowest BCUT2D eigenvalue weighted by molar-refractivity contribution is 0.0947. The minimum atomic E-state index is -0.341. The molecule has 3 N–H and O–H groups in total. The molecule has 1 amide bonds. The first-order valence-electron chi connectivity index (χ1n) is 5.77. The first-order valence-corrected chi connectivity index (χ1v) is 5.77. The average molecular weight is 262 g/mol. The van der Waals surface area contributed by atoms with Gasteiger partial charge in [0.2, 0.25) is 6.39 Å². The lowest BCUT2D eigenvalue weighted by Gasteiger charge is -2.11. The molecule has 7 heteroatoms. The molecule has 1 aromatic heterocycles. The topological polar surface area (TPSA) is 103 Å². The first-order chi connectivity index (χ1) is 9.22. The quantitative estimate of drug-likeness (QED) is 0.778. The van der Waals surface area contributed by atoms with Crippen LogP contribution < -0.4 is 15.8 Å². The van der Waals surface area contributed by atoms with Crippen molar-refractivity contribution in [3.63, 3.8) is 0 Å². The maximum atomic E-state index is 12.1. The molecular formula is C12H14N4O3. The summed E-state index contributed by atoms with van der Waals surface area (Å²) in [6.07, 6.45) is 1.20. The predicted octanol–water partition coefficient (Wildman–Crippen LogP) is 0.981. The van der Waals surface area contributed by atoms with Crippen molar-refractivity contribution in [3.05, 3.63) is 36.0 Å². The van der Waals surface area contributed by atoms with Crippen molar-refractivity contribution < 1.29 is 14.1 Å². The monoisotopic (exact) mass is 262 g/mol. The zero-order chi connectivity index (χ0) is 13.7. The molecule has 100 valence electrons. The Kier molecular flexibility index (Phi) is 3.97. The fourth-order valence-electron chi connectivity index (χ4n) is 1.58. The number of nitrogens with zero attached hydrogens (tertiary/aromatic N) is 2. The fraction of sp³-hybridized carbons (Fsp3) is 0.250. The lowest BCUT2D eigenvalue weighted by atomic mass is 10.1. The summed E-state index contributed by atoms with van der Waals surface area (Å²) in [5, 5.41) is 6.26. The second-order valence-electron chi connectivity index (χ2n) is 3.68. The van der Waals surface area contributed by atoms with Gasteiger partial charge in [0.15, 0.2) is 5.82 Å². The van der Waals surface area contributed by atoms with E-state index in [1.807, 2.05) is 6.92 Å². The normalized spacial score (nSPS) is 10.2. The zero-order valence-electron chi connectivity index (χ0n) is 10.4. The molecule has 1 heterocycles. The van der Waals surface area contributed by atoms with Gasteiger partial charge in [0, 0.05) is 5.69 Å². The molecule has 0 aliphatic heterocycles. The van der Waals surface area contributed by atoms with E-state index in [0.717, 1.165) is 0 Å². The number of carbonyl (C=O) groups is 1. The smallest absolute Gasteiger partial charge is 0.257 e. The summed E-state index contributed by atoms with van der Waals surface area (Å²) in [7, 11) is 0. The van der Waals surface area contributed by atoms with Crippen molar-refractivity contribution in [2.45, 2.75) is 13.5 Å². The van der Waals surface area contributed by atoms with Crippen LogP contribution in [0.25, 0.3) is 0 Å². The molecule has 0 atom stereocenters. The number of rotatable bonds is 5. The second kappa shape index (κ2) is 5.85. The third-order valence-electron chi connectivity index (χ3n) is 2.40. The summed E-state index contributed by atoms with van der Waals surface area (Å²) in [6.45, 7) is 2.45. The van der Waals surface area contributed by atoms with E-state index < -0.39 is 0 Å². The summed E-state index contributed by atoms with van der Waals surface area (Å²) in [5.41, 5.74) is 6.48. The third kappa shape index (κ3) is 3.01. The number of carbonyl (C=O) groups excluding carboxylic acids is 1. The molecule has 1 aromatic carbocycles. The highest BCUT2D eigenvalue weighted by Gasteiger charge is 2.16. The van der Waals surface area contributed by atoms with Crippen molar-refractivity contribution >= 4 is 11.6 Å². The van der Waals surface area contributed by atoms with Gasteiger partial charge >= 0.3 is 0 Å². The van der Waals surface area contributed by atoms with E-state index in [1.165, 1.54) is 6.39 Å². The van der Waals surface area contributed by atoms with Crippen LogP contribution in [0.3, 0.4) is 0 Å². The van der Waals surface area contributed by atoms with Crippen LogP contribution in [-0.4, -0.2) is 22.7 Å². The number of nitrogens with one attached hydrogen (secondary N) is 1. The van der Waals surface area contributed by atoms with E-state index in [-0.39, 0.29) is 12.5 Å². The molecule has 0 fully saturated rings. The van der Waals surface area contributed by atoms with Crippen LogP contribution in [0.15, 0.2) is 29.1 Å². The number of benzene rings is 1. The van der Waals surface area contributed by atoms with Gasteiger partial charge in [0.1, 0.15) is 11.3 Å². The Morgan fingerprint density at radius 3 is 3.05 bits per heavy atom. The standard InChI is InChI=1S/C12H14N4O3/c1-2-18-9-5-3-4-8(13)11(9)12(17)14-6-10-15-7-19-16-10/h3-5,7H,2,6,13H2,1H3,(H,14,17). The SMILES string of the molecule is CCOc1cccc(N)c1C(=O)NCc1ncon1. The molecule has 2 aromatic rings. The predicted molar refractivity (Wildman–Crippen MR) is 67.5 cm³/mol. The van der Waals surface area contributed by atoms with Gasteiger partial charge in [-0.25, -0.2) is 0 Å². The summed E-state index contributed by atoms with van der Waals surface area (Å²) in [6, 6.07) is 5.07. The van der Waals surface area contributed by atoms with E-state index in [1.54, 1.807) is 18.2 Å². The average Bonchev–Trinajstić information content (AvgIpc) is 2.90. The van der Waals surface area contributed by atoms with Crippen molar-refractivity contribution in [2.75, 3.05) is 12.3 Å². The summed E-state index contributed by atoms with van der Waals surface area (Å²) < 4.78 is 9.96. The van der Waals surface area contributed by atoms with Crippen LogP contribution in [-0.2, 0) is 6.54 Å². The second-order valence-corrected chi connectivity index (χ2v) is 3.68. The molecule has 0 bridgehead atoms. The van der Waals surface area contributed by atoms with E-state index in [9.17, 15) is 4.79 Å². The molecule has 0 aliphatic carbocycles. The number of hydrogen-bond donors (Lipinski definition) is 2. The number of nitrogen functional groups attached to an aromatic ring is 1. The number of ether oxygens (including phenoxy) is 1. The summed E-state index contributed by atoms with van der Waals surface area (Å²) >= 11 is 0. The van der Waals surface area contributed by atoms with Gasteiger partial charge in [-0.15, -0.1) is 0 Å². The van der Waals surface area contributed by atoms with Crippen molar-refractivity contribution in [2.24, 2.45) is 0 Å². The molecule has 0 unspecified atom stereocenters. The molecular weight excluding hydrogens is 248 g/mol. The Labute approximate surface area is 109 Å². The molecule has 0 saturated carbocycles. The summed E-state index contributed by atoms with van der Waals surface area (Å²) in [4.78, 5) is 15.9. The summed E-state index contributed by atoms with van der Waals surface area (Å²) in [5.74, 6) is 0.500. The molecule has 0 aliphatic rings. The highest BCUT2D eigenvalue weighted by Crippen LogP contribution is 2.24. The Bertz CT molecular complexity index is 554. The van der Waals surface area contributed by atoms with E-state index in [2.05, 4.69) is 20.0 Å². The zero-order valence-corrected chi connectivity index (χ0v) is 10.4. The van der Waals surface area contributed by atoms with E-state index in [4.69, 9.17) is 10.5 Å². The van der Waals surface area contributed by atoms with Gasteiger partial charge in [-0.3, -0.25) is 4.79 Å². The molecule has 7 nitrogen and oxygen atoms in total. The number of anilines is 1. The van der Waals surface area contributed by atoms with Gasteiger partial charge in [0.25, 0.3) is 5.91 Å². The van der Waals surface area contributed by atoms with E-state index >= 15 is 0 Å². The third-order valence-corrected chi connectivity index (χ3v) is 2.40. The lowest BCUT2D eigenvalue weighted by Crippen LogP contribution is -2.25. The van der Waals surface area contributed by atoms with Crippen LogP contribution in [0, 0.1) is 0 Å². The van der Waals surface area contributed by atoms with Crippen LogP contribution in [0.1, 0.15) is 23.1 Å². The first kappa shape index (κ1) is 12.9. The molecule has 0 saturated heterocycles. The minimum Gasteiger partial charge on any atom is -0.493 e. The van der Waals surface area contributed by atoms with Crippen LogP contribution >= 0.6 is 0 Å². The Hall–Kier alpha value is -2.57. The molecule has 0 radical (unpaired) electrons. The highest BCUT2D eigenvalue weighted by molar-refractivity contribution is 6.01. The number of aromatic nitrogens is 2. The van der Waals surface area contributed by atoms with Gasteiger partial charge in [0.05, 0.1) is 13.2 Å². The Morgan fingerprint density at radius 2 is 2.37 bits per heavy atom. The van der Waals surface area contributed by atoms with Crippen LogP contribution in [0.4, 0.5) is 5.69 Å². The maximum Gasteiger partial charge on any atom is 0.257 e. The number of nitrogens with two attached hydrogens (primary N) is 1. The van der Waals surface area contributed by atoms with Crippen LogP contribution in [0.2, 0.25) is 0 Å². The Morgan fingerprint density at radius 1 is 1.53 bits per heavy atom. The van der Waals surface area contributed by atoms with Gasteiger partial charge in [-0.05, 0) is 19.1 Å². The van der Waals surface area contributed by atoms with Gasteiger partial charge in [-0.1, -0.05) is 11.2 Å². The molecule has 0 spiro atoms. The maximum absolute atomic E-state index is 12.1. The molecule has 19 heavy (non-hydrogen) atoms. The number of amides is 1. The Balaban J connectivity index is 2.13. The largest absolute Gasteiger partial charge is 0.493 e. The minimum absolute atomic E-state index is 0.162. The van der Waals surface area contributed by atoms with E-state index in [0.29, 0.717) is 29.4 Å². The van der Waals surface area contributed by atoms with Crippen molar-refractivity contribution in [1.29, 1.82) is 0 Å². The molecule has 2 rings (SSSR count). The van der Waals surface area contributed by atoms with Crippen LogP contribution in [0.5, 0.6) is 5.75 Å². The van der Waals surface area contributed by atoms with Crippen molar-refractivity contribution in [1.82, 2.24) is 15.5 Å². The fourth-order valence-corrected chi connectivity index (χ4v) is 1.58. The number of hydrogen-bond acceptors (Lipinski definition) is 6. The van der Waals surface area contributed by atoms with Gasteiger partial charge in [-0.2, -0.15) is 4.98 Å². The van der Waals surface area contributed by atoms with Crippen molar-refractivity contribution in [3.8, 4) is 5.75 Å².